The van der Waals surface area contributed by atoms with E-state index in [-0.39, 0.29) is 18.8 Å². The molecule has 3 rings (SSSR count). The van der Waals surface area contributed by atoms with E-state index < -0.39 is 0 Å². The first kappa shape index (κ1) is 17.2. The van der Waals surface area contributed by atoms with E-state index in [2.05, 4.69) is 21.7 Å². The lowest BCUT2D eigenvalue weighted by atomic mass is 9.97. The standard InChI is InChI=1S/C18H23NO4S/c1-21-15-4-3-14(9-16(15)22-2)18-17(11-20)23-7-6-19(18)10-13-5-8-24-12-13/h3-5,8-9,12,17-18,20H,6-7,10-11H2,1-2H3. The van der Waals surface area contributed by atoms with E-state index in [0.717, 1.165) is 18.7 Å². The minimum Gasteiger partial charge on any atom is -0.493 e. The van der Waals surface area contributed by atoms with E-state index in [1.54, 1.807) is 25.6 Å². The molecular formula is C18H23NO4S. The van der Waals surface area contributed by atoms with Crippen LogP contribution in [0.3, 0.4) is 0 Å². The van der Waals surface area contributed by atoms with E-state index in [1.807, 2.05) is 18.2 Å². The lowest BCUT2D eigenvalue weighted by molar-refractivity contribution is -0.0960. The molecule has 0 spiro atoms. The van der Waals surface area contributed by atoms with Crippen LogP contribution in [0.4, 0.5) is 0 Å². The molecule has 2 aromatic rings. The van der Waals surface area contributed by atoms with Crippen molar-refractivity contribution in [1.29, 1.82) is 0 Å². The van der Waals surface area contributed by atoms with Crippen LogP contribution in [0.2, 0.25) is 0 Å². The van der Waals surface area contributed by atoms with Crippen molar-refractivity contribution in [2.24, 2.45) is 0 Å². The van der Waals surface area contributed by atoms with Crippen molar-refractivity contribution >= 4 is 11.3 Å². The number of thiophene rings is 1. The zero-order valence-electron chi connectivity index (χ0n) is 14.0. The van der Waals surface area contributed by atoms with Gasteiger partial charge in [-0.1, -0.05) is 6.07 Å². The van der Waals surface area contributed by atoms with Crippen LogP contribution in [0.15, 0.2) is 35.0 Å². The van der Waals surface area contributed by atoms with Crippen LogP contribution in [-0.4, -0.2) is 50.1 Å². The number of rotatable bonds is 6. The maximum Gasteiger partial charge on any atom is 0.161 e. The largest absolute Gasteiger partial charge is 0.493 e. The minimum absolute atomic E-state index is 0.0147. The molecule has 1 saturated heterocycles. The number of aliphatic hydroxyl groups excluding tert-OH is 1. The smallest absolute Gasteiger partial charge is 0.161 e. The Bertz CT molecular complexity index is 646. The number of methoxy groups -OCH3 is 2. The van der Waals surface area contributed by atoms with Gasteiger partial charge >= 0.3 is 0 Å². The number of benzene rings is 1. The Morgan fingerprint density at radius 3 is 2.75 bits per heavy atom. The molecule has 0 radical (unpaired) electrons. The summed E-state index contributed by atoms with van der Waals surface area (Å²) in [6.45, 7) is 2.27. The second kappa shape index (κ2) is 7.98. The summed E-state index contributed by atoms with van der Waals surface area (Å²) < 4.78 is 16.6. The second-order valence-electron chi connectivity index (χ2n) is 5.75. The molecule has 1 fully saturated rings. The van der Waals surface area contributed by atoms with Gasteiger partial charge in [0, 0.05) is 13.1 Å². The third-order valence-corrected chi connectivity index (χ3v) is 5.08. The summed E-state index contributed by atoms with van der Waals surface area (Å²) >= 11 is 1.70. The second-order valence-corrected chi connectivity index (χ2v) is 6.53. The van der Waals surface area contributed by atoms with Crippen LogP contribution < -0.4 is 9.47 Å². The molecule has 1 N–H and O–H groups in total. The van der Waals surface area contributed by atoms with Gasteiger partial charge in [-0.3, -0.25) is 4.90 Å². The van der Waals surface area contributed by atoms with Gasteiger partial charge in [0.05, 0.1) is 33.5 Å². The predicted molar refractivity (Wildman–Crippen MR) is 93.8 cm³/mol. The molecular weight excluding hydrogens is 326 g/mol. The predicted octanol–water partition coefficient (Wildman–Crippen LogP) is 2.70. The highest BCUT2D eigenvalue weighted by Crippen LogP contribution is 2.36. The highest BCUT2D eigenvalue weighted by atomic mass is 32.1. The summed E-state index contributed by atoms with van der Waals surface area (Å²) in [5.74, 6) is 1.38. The van der Waals surface area contributed by atoms with Crippen LogP contribution >= 0.6 is 11.3 Å². The summed E-state index contributed by atoms with van der Waals surface area (Å²) in [6.07, 6.45) is -0.254. The van der Waals surface area contributed by atoms with E-state index >= 15 is 0 Å². The van der Waals surface area contributed by atoms with E-state index in [0.29, 0.717) is 18.1 Å². The normalized spacial score (nSPS) is 21.6. The molecule has 1 aliphatic heterocycles. The number of hydrogen-bond acceptors (Lipinski definition) is 6. The van der Waals surface area contributed by atoms with Crippen LogP contribution in [0.5, 0.6) is 11.5 Å². The molecule has 1 aromatic heterocycles. The van der Waals surface area contributed by atoms with E-state index in [1.165, 1.54) is 5.56 Å². The highest BCUT2D eigenvalue weighted by molar-refractivity contribution is 7.07. The molecule has 1 aromatic carbocycles. The molecule has 2 unspecified atom stereocenters. The zero-order valence-corrected chi connectivity index (χ0v) is 14.8. The minimum atomic E-state index is -0.254. The van der Waals surface area contributed by atoms with Crippen LogP contribution in [0.1, 0.15) is 17.2 Å². The third kappa shape index (κ3) is 3.57. The fraction of sp³-hybridized carbons (Fsp3) is 0.444. The Morgan fingerprint density at radius 1 is 1.25 bits per heavy atom. The van der Waals surface area contributed by atoms with Crippen molar-refractivity contribution in [3.05, 3.63) is 46.2 Å². The van der Waals surface area contributed by atoms with Gasteiger partial charge in [0.2, 0.25) is 0 Å². The van der Waals surface area contributed by atoms with E-state index in [4.69, 9.17) is 14.2 Å². The van der Waals surface area contributed by atoms with Crippen LogP contribution in [-0.2, 0) is 11.3 Å². The van der Waals surface area contributed by atoms with Gasteiger partial charge < -0.3 is 19.3 Å². The highest BCUT2D eigenvalue weighted by Gasteiger charge is 2.33. The van der Waals surface area contributed by atoms with E-state index in [9.17, 15) is 5.11 Å². The van der Waals surface area contributed by atoms with Gasteiger partial charge in [-0.05, 0) is 40.1 Å². The SMILES string of the molecule is COc1ccc(C2C(CO)OCCN2Cc2ccsc2)cc1OC. The molecule has 2 atom stereocenters. The molecule has 6 heteroatoms. The summed E-state index contributed by atoms with van der Waals surface area (Å²) in [5.41, 5.74) is 2.34. The van der Waals surface area contributed by atoms with Gasteiger partial charge in [-0.2, -0.15) is 11.3 Å². The first-order valence-electron chi connectivity index (χ1n) is 7.96. The zero-order chi connectivity index (χ0) is 16.9. The van der Waals surface area contributed by atoms with Crippen LogP contribution in [0.25, 0.3) is 0 Å². The Hall–Kier alpha value is -1.60. The Labute approximate surface area is 146 Å². The third-order valence-electron chi connectivity index (χ3n) is 4.35. The van der Waals surface area contributed by atoms with Crippen molar-refractivity contribution in [2.75, 3.05) is 34.0 Å². The van der Waals surface area contributed by atoms with Crippen molar-refractivity contribution in [1.82, 2.24) is 4.90 Å². The Balaban J connectivity index is 1.92. The summed E-state index contributed by atoms with van der Waals surface area (Å²) in [4.78, 5) is 2.35. The topological polar surface area (TPSA) is 51.2 Å². The van der Waals surface area contributed by atoms with Gasteiger partial charge in [0.15, 0.2) is 11.5 Å². The van der Waals surface area contributed by atoms with Crippen molar-refractivity contribution in [3.8, 4) is 11.5 Å². The van der Waals surface area contributed by atoms with Gasteiger partial charge in [-0.15, -0.1) is 0 Å². The Morgan fingerprint density at radius 2 is 2.08 bits per heavy atom. The number of nitrogens with zero attached hydrogens (tertiary/aromatic N) is 1. The molecule has 5 nitrogen and oxygen atoms in total. The van der Waals surface area contributed by atoms with Crippen molar-refractivity contribution in [3.63, 3.8) is 0 Å². The molecule has 2 heterocycles. The molecule has 0 bridgehead atoms. The fourth-order valence-electron chi connectivity index (χ4n) is 3.20. The first-order chi connectivity index (χ1) is 11.8. The first-order valence-corrected chi connectivity index (χ1v) is 8.90. The number of aliphatic hydroxyl groups is 1. The quantitative estimate of drug-likeness (QED) is 0.869. The van der Waals surface area contributed by atoms with Gasteiger partial charge in [-0.25, -0.2) is 0 Å². The molecule has 130 valence electrons. The summed E-state index contributed by atoms with van der Waals surface area (Å²) in [7, 11) is 3.26. The molecule has 1 aliphatic rings. The Kier molecular flexibility index (Phi) is 5.73. The molecule has 0 amide bonds. The molecule has 24 heavy (non-hydrogen) atoms. The number of hydrogen-bond donors (Lipinski definition) is 1. The maximum atomic E-state index is 9.79. The monoisotopic (exact) mass is 349 g/mol. The fourth-order valence-corrected chi connectivity index (χ4v) is 3.86. The number of morpholine rings is 1. The van der Waals surface area contributed by atoms with Crippen molar-refractivity contribution in [2.45, 2.75) is 18.7 Å². The summed E-state index contributed by atoms with van der Waals surface area (Å²) in [5, 5.41) is 14.0. The molecule has 0 aliphatic carbocycles. The summed E-state index contributed by atoms with van der Waals surface area (Å²) in [6, 6.07) is 8.01. The lowest BCUT2D eigenvalue weighted by Crippen LogP contribution is -2.46. The average molecular weight is 349 g/mol. The van der Waals surface area contributed by atoms with Crippen LogP contribution in [0, 0.1) is 0 Å². The van der Waals surface area contributed by atoms with Gasteiger partial charge in [0.1, 0.15) is 6.10 Å². The lowest BCUT2D eigenvalue weighted by Gasteiger charge is -2.41. The maximum absolute atomic E-state index is 9.79. The molecule has 0 saturated carbocycles. The average Bonchev–Trinajstić information content (AvgIpc) is 3.14. The number of ether oxygens (including phenoxy) is 3. The van der Waals surface area contributed by atoms with Crippen molar-refractivity contribution < 1.29 is 19.3 Å². The van der Waals surface area contributed by atoms with Gasteiger partial charge in [0.25, 0.3) is 0 Å².